The van der Waals surface area contributed by atoms with Gasteiger partial charge in [-0.15, -0.1) is 0 Å². The maximum atomic E-state index is 11.5. The van der Waals surface area contributed by atoms with Gasteiger partial charge in [0.1, 0.15) is 43.4 Å². The molecular formula is C31H42N6O8. The number of nitrogens with zero attached hydrogens (tertiary/aromatic N) is 6. The van der Waals surface area contributed by atoms with Gasteiger partial charge in [0, 0.05) is 29.5 Å². The van der Waals surface area contributed by atoms with Crippen molar-refractivity contribution in [3.8, 4) is 0 Å². The highest BCUT2D eigenvalue weighted by atomic mass is 16.6. The molecule has 45 heavy (non-hydrogen) atoms. The van der Waals surface area contributed by atoms with Gasteiger partial charge in [0.25, 0.3) is 0 Å². The van der Waals surface area contributed by atoms with Crippen LogP contribution in [-0.2, 0) is 28.5 Å². The van der Waals surface area contributed by atoms with Crippen LogP contribution in [0.5, 0.6) is 0 Å². The predicted molar refractivity (Wildman–Crippen MR) is 165 cm³/mol. The summed E-state index contributed by atoms with van der Waals surface area (Å²) in [5.74, 6) is -0.555. The predicted octanol–water partition coefficient (Wildman–Crippen LogP) is 4.16. The summed E-state index contributed by atoms with van der Waals surface area (Å²) in [4.78, 5) is 35.9. The molecule has 0 saturated heterocycles. The molecule has 0 fully saturated rings. The monoisotopic (exact) mass is 626 g/mol. The summed E-state index contributed by atoms with van der Waals surface area (Å²) in [6, 6.07) is -1.51. The number of esters is 2. The third kappa shape index (κ3) is 11.3. The molecule has 0 aliphatic heterocycles. The van der Waals surface area contributed by atoms with Crippen molar-refractivity contribution in [1.29, 1.82) is 0 Å². The highest BCUT2D eigenvalue weighted by Crippen LogP contribution is 2.29. The number of azo groups is 2. The van der Waals surface area contributed by atoms with E-state index >= 15 is 0 Å². The van der Waals surface area contributed by atoms with Crippen molar-refractivity contribution in [2.24, 2.45) is 26.4 Å². The van der Waals surface area contributed by atoms with E-state index in [0.29, 0.717) is 30.3 Å². The zero-order valence-electron chi connectivity index (χ0n) is 26.0. The molecular weight excluding hydrogens is 584 g/mol. The van der Waals surface area contributed by atoms with Crippen molar-refractivity contribution in [2.45, 2.75) is 62.5 Å². The number of hydrogen-bond donors (Lipinski definition) is 0. The number of rotatable bonds is 16. The van der Waals surface area contributed by atoms with E-state index in [4.69, 9.17) is 18.9 Å². The maximum absolute atomic E-state index is 11.5. The number of likely N-dealkylation sites (N-methyl/N-ethyl adjacent to an activating group) is 1. The smallest absolute Gasteiger partial charge is 0.330 e. The Hall–Kier alpha value is -4.30. The number of nitro groups is 1. The Morgan fingerprint density at radius 3 is 2.24 bits per heavy atom. The molecule has 0 heterocycles. The Labute approximate surface area is 263 Å². The van der Waals surface area contributed by atoms with E-state index in [9.17, 15) is 19.7 Å². The van der Waals surface area contributed by atoms with Crippen molar-refractivity contribution in [3.63, 3.8) is 0 Å². The molecule has 14 heteroatoms. The zero-order chi connectivity index (χ0) is 32.8. The second-order valence-electron chi connectivity index (χ2n) is 10.9. The average molecular weight is 627 g/mol. The van der Waals surface area contributed by atoms with Crippen LogP contribution in [-0.4, -0.2) is 98.6 Å². The van der Waals surface area contributed by atoms with Crippen molar-refractivity contribution < 1.29 is 33.5 Å². The molecule has 0 radical (unpaired) electrons. The largest absolute Gasteiger partial charge is 0.488 e. The van der Waals surface area contributed by atoms with Crippen LogP contribution in [0.25, 0.3) is 0 Å². The molecule has 14 nitrogen and oxygen atoms in total. The Morgan fingerprint density at radius 1 is 0.956 bits per heavy atom. The molecule has 7 atom stereocenters. The Morgan fingerprint density at radius 2 is 1.64 bits per heavy atom. The van der Waals surface area contributed by atoms with E-state index in [1.807, 2.05) is 14.1 Å². The van der Waals surface area contributed by atoms with Gasteiger partial charge in [-0.1, -0.05) is 38.3 Å². The van der Waals surface area contributed by atoms with Gasteiger partial charge in [-0.05, 0) is 51.1 Å². The standard InChI is InChI=1S/C31H42N6O8/c1-6-30(38)44-16-14-42-28-20-27(35-33-25-13-12-24(36(4)5)18-21(25)3)29(43-15-17-45-31(39)7-2)19-26(28)34-32-22-8-10-23(11-9-22)37(40)41/h6-8,10,12-13,19-25,27,29H,1-2,9,11,14-18H2,3-5H3. The molecule has 0 amide bonds. The van der Waals surface area contributed by atoms with Crippen molar-refractivity contribution in [2.75, 3.05) is 40.5 Å². The van der Waals surface area contributed by atoms with Crippen LogP contribution in [0.2, 0.25) is 0 Å². The van der Waals surface area contributed by atoms with E-state index in [2.05, 4.69) is 57.6 Å². The van der Waals surface area contributed by atoms with Gasteiger partial charge in [-0.3, -0.25) is 10.1 Å². The quantitative estimate of drug-likeness (QED) is 0.0465. The van der Waals surface area contributed by atoms with Crippen molar-refractivity contribution >= 4 is 11.9 Å². The first-order chi connectivity index (χ1) is 21.6. The Kier molecular flexibility index (Phi) is 14.0. The second-order valence-corrected chi connectivity index (χ2v) is 10.9. The second kappa shape index (κ2) is 17.9. The molecule has 0 N–H and O–H groups in total. The Balaban J connectivity index is 1.85. The van der Waals surface area contributed by atoms with Gasteiger partial charge in [-0.25, -0.2) is 9.59 Å². The highest BCUT2D eigenvalue weighted by molar-refractivity contribution is 5.81. The van der Waals surface area contributed by atoms with E-state index in [-0.39, 0.29) is 49.4 Å². The summed E-state index contributed by atoms with van der Waals surface area (Å²) in [7, 11) is 4.08. The zero-order valence-corrected chi connectivity index (χ0v) is 26.0. The molecule has 0 aromatic heterocycles. The van der Waals surface area contributed by atoms with E-state index < -0.39 is 30.1 Å². The van der Waals surface area contributed by atoms with E-state index in [1.54, 1.807) is 18.2 Å². The first-order valence-electron chi connectivity index (χ1n) is 14.9. The third-order valence-corrected chi connectivity index (χ3v) is 7.41. The summed E-state index contributed by atoms with van der Waals surface area (Å²) < 4.78 is 22.1. The molecule has 0 aromatic rings. The van der Waals surface area contributed by atoms with Crippen molar-refractivity contribution in [3.05, 3.63) is 83.3 Å². The minimum Gasteiger partial charge on any atom is -0.488 e. The van der Waals surface area contributed by atoms with Gasteiger partial charge in [0.05, 0.1) is 18.7 Å². The van der Waals surface area contributed by atoms with Crippen LogP contribution < -0.4 is 0 Å². The van der Waals surface area contributed by atoms with Gasteiger partial charge < -0.3 is 23.8 Å². The van der Waals surface area contributed by atoms with Gasteiger partial charge in [0.15, 0.2) is 0 Å². The van der Waals surface area contributed by atoms with Crippen LogP contribution >= 0.6 is 0 Å². The number of ether oxygens (including phenoxy) is 4. The molecule has 3 aliphatic rings. The SMILES string of the molecule is C=CC(=O)OCCOC1=CC(N=NC2C=CC(N(C)C)CC2C)C(OCCOC(=O)C=C)C=C1N=NC1C=CC([N+](=O)[O-])CC1. The molecule has 7 unspecified atom stereocenters. The van der Waals surface area contributed by atoms with Crippen LogP contribution in [0, 0.1) is 16.0 Å². The fourth-order valence-corrected chi connectivity index (χ4v) is 4.78. The molecule has 0 bridgehead atoms. The fraction of sp³-hybridized carbons (Fsp3) is 0.548. The fourth-order valence-electron chi connectivity index (χ4n) is 4.78. The summed E-state index contributed by atoms with van der Waals surface area (Å²) in [5, 5.41) is 29.2. The first-order valence-corrected chi connectivity index (χ1v) is 14.9. The molecule has 3 aliphatic carbocycles. The third-order valence-electron chi connectivity index (χ3n) is 7.41. The van der Waals surface area contributed by atoms with Gasteiger partial charge >= 0.3 is 11.9 Å². The lowest BCUT2D eigenvalue weighted by Crippen LogP contribution is -2.34. The van der Waals surface area contributed by atoms with E-state index in [1.165, 1.54) is 6.08 Å². The molecule has 0 saturated carbocycles. The lowest BCUT2D eigenvalue weighted by atomic mass is 9.88. The summed E-state index contributed by atoms with van der Waals surface area (Å²) >= 11 is 0. The van der Waals surface area contributed by atoms with Crippen LogP contribution in [0.3, 0.4) is 0 Å². The molecule has 244 valence electrons. The molecule has 0 aromatic carbocycles. The maximum Gasteiger partial charge on any atom is 0.330 e. The first kappa shape index (κ1) is 35.2. The minimum atomic E-state index is -0.739. The Bertz CT molecular complexity index is 1260. The summed E-state index contributed by atoms with van der Waals surface area (Å²) in [6.07, 6.45) is 14.0. The molecule has 0 spiro atoms. The lowest BCUT2D eigenvalue weighted by Gasteiger charge is -2.31. The van der Waals surface area contributed by atoms with E-state index in [0.717, 1.165) is 18.6 Å². The minimum absolute atomic E-state index is 0.00352. The number of carbonyl (C=O) groups is 2. The van der Waals surface area contributed by atoms with Crippen LogP contribution in [0.4, 0.5) is 0 Å². The average Bonchev–Trinajstić information content (AvgIpc) is 3.03. The molecule has 3 rings (SSSR count). The topological polar surface area (TPSA) is 167 Å². The van der Waals surface area contributed by atoms with Gasteiger partial charge in [0.2, 0.25) is 6.04 Å². The van der Waals surface area contributed by atoms with Crippen molar-refractivity contribution in [1.82, 2.24) is 4.90 Å². The number of carbonyl (C=O) groups excluding carboxylic acids is 2. The highest BCUT2D eigenvalue weighted by Gasteiger charge is 2.30. The lowest BCUT2D eigenvalue weighted by molar-refractivity contribution is -0.510. The van der Waals surface area contributed by atoms with Crippen LogP contribution in [0.1, 0.15) is 26.2 Å². The van der Waals surface area contributed by atoms with Crippen LogP contribution in [0.15, 0.2) is 93.7 Å². The normalized spacial score (nSPS) is 28.0. The summed E-state index contributed by atoms with van der Waals surface area (Å²) in [5.41, 5.74) is 0.342. The number of hydrogen-bond acceptors (Lipinski definition) is 13. The van der Waals surface area contributed by atoms with Gasteiger partial charge in [-0.2, -0.15) is 20.5 Å². The summed E-state index contributed by atoms with van der Waals surface area (Å²) in [6.45, 7) is 8.96.